The van der Waals surface area contributed by atoms with Crippen LogP contribution in [0.1, 0.15) is 17.2 Å². The van der Waals surface area contributed by atoms with Gasteiger partial charge in [0, 0.05) is 16.3 Å². The van der Waals surface area contributed by atoms with E-state index < -0.39 is 6.10 Å². The Morgan fingerprint density at radius 1 is 1.00 bits per heavy atom. The van der Waals surface area contributed by atoms with Crippen LogP contribution in [0.3, 0.4) is 0 Å². The molecule has 3 aromatic carbocycles. The van der Waals surface area contributed by atoms with Crippen LogP contribution in [0.5, 0.6) is 0 Å². The molecule has 0 spiro atoms. The van der Waals surface area contributed by atoms with Gasteiger partial charge in [-0.3, -0.25) is 4.79 Å². The standard InChI is InChI=1S/C14H8O2/c15-13-9-4-2-1-3-7(9)8-5-6-10-12(11(8)13)14(10)16/h1-6,13,15H. The SMILES string of the molecule is O=c1c2ccc3c(c12)C(O)c1ccccc1-3. The van der Waals surface area contributed by atoms with Crippen LogP contribution in [0.25, 0.3) is 21.9 Å². The predicted octanol–water partition coefficient (Wildman–Crippen LogP) is 2.14. The molecule has 0 fully saturated rings. The van der Waals surface area contributed by atoms with Gasteiger partial charge >= 0.3 is 0 Å². The Hall–Kier alpha value is -1.93. The molecule has 2 nitrogen and oxygen atoms in total. The lowest BCUT2D eigenvalue weighted by Gasteiger charge is -2.03. The number of benzene rings is 2. The van der Waals surface area contributed by atoms with Gasteiger partial charge in [0.15, 0.2) is 5.43 Å². The highest BCUT2D eigenvalue weighted by molar-refractivity contribution is 6.05. The first kappa shape index (κ1) is 8.25. The number of rotatable bonds is 0. The molecule has 0 saturated carbocycles. The van der Waals surface area contributed by atoms with Crippen LogP contribution in [0.15, 0.2) is 41.2 Å². The Bertz CT molecular complexity index is 745. The topological polar surface area (TPSA) is 37.3 Å². The zero-order chi connectivity index (χ0) is 10.9. The van der Waals surface area contributed by atoms with Gasteiger partial charge in [-0.05, 0) is 22.8 Å². The third kappa shape index (κ3) is 0.762. The van der Waals surface area contributed by atoms with Gasteiger partial charge in [0.25, 0.3) is 0 Å². The zero-order valence-corrected chi connectivity index (χ0v) is 8.40. The van der Waals surface area contributed by atoms with Crippen LogP contribution >= 0.6 is 0 Å². The monoisotopic (exact) mass is 208 g/mol. The summed E-state index contributed by atoms with van der Waals surface area (Å²) in [6, 6.07) is 11.6. The smallest absolute Gasteiger partial charge is 0.194 e. The Balaban J connectivity index is 2.17. The lowest BCUT2D eigenvalue weighted by atomic mass is 10.1. The summed E-state index contributed by atoms with van der Waals surface area (Å²) in [4.78, 5) is 11.5. The van der Waals surface area contributed by atoms with E-state index in [0.29, 0.717) is 0 Å². The van der Waals surface area contributed by atoms with Gasteiger partial charge in [-0.25, -0.2) is 0 Å². The number of aliphatic hydroxyl groups is 1. The molecule has 4 rings (SSSR count). The van der Waals surface area contributed by atoms with Gasteiger partial charge in [0.05, 0.1) is 0 Å². The minimum absolute atomic E-state index is 0.0908. The molecule has 3 aromatic rings. The zero-order valence-electron chi connectivity index (χ0n) is 8.40. The molecule has 2 heteroatoms. The molecule has 0 heterocycles. The molecule has 0 bridgehead atoms. The van der Waals surface area contributed by atoms with Crippen LogP contribution in [0.2, 0.25) is 0 Å². The summed E-state index contributed by atoms with van der Waals surface area (Å²) in [5.41, 5.74) is 3.86. The van der Waals surface area contributed by atoms with E-state index in [-0.39, 0.29) is 5.43 Å². The Kier molecular flexibility index (Phi) is 1.25. The van der Waals surface area contributed by atoms with Crippen molar-refractivity contribution in [3.05, 3.63) is 57.7 Å². The fourth-order valence-electron chi connectivity index (χ4n) is 2.66. The quantitative estimate of drug-likeness (QED) is 0.614. The molecule has 0 amide bonds. The van der Waals surface area contributed by atoms with Crippen molar-refractivity contribution in [1.29, 1.82) is 0 Å². The minimum atomic E-state index is -0.632. The van der Waals surface area contributed by atoms with Crippen molar-refractivity contribution in [2.24, 2.45) is 0 Å². The Morgan fingerprint density at radius 2 is 1.81 bits per heavy atom. The molecule has 0 aliphatic heterocycles. The summed E-state index contributed by atoms with van der Waals surface area (Å²) in [6.45, 7) is 0. The van der Waals surface area contributed by atoms with E-state index in [2.05, 4.69) is 0 Å². The van der Waals surface area contributed by atoms with E-state index >= 15 is 0 Å². The molecule has 0 radical (unpaired) electrons. The lowest BCUT2D eigenvalue weighted by Crippen LogP contribution is -1.93. The summed E-state index contributed by atoms with van der Waals surface area (Å²) in [5, 5.41) is 11.7. The van der Waals surface area contributed by atoms with Crippen LogP contribution in [0, 0.1) is 0 Å². The lowest BCUT2D eigenvalue weighted by molar-refractivity contribution is 0.227. The first-order chi connectivity index (χ1) is 7.79. The fourth-order valence-corrected chi connectivity index (χ4v) is 2.66. The Morgan fingerprint density at radius 3 is 2.69 bits per heavy atom. The Labute approximate surface area is 91.5 Å². The van der Waals surface area contributed by atoms with Gasteiger partial charge < -0.3 is 5.11 Å². The van der Waals surface area contributed by atoms with Crippen molar-refractivity contribution in [3.63, 3.8) is 0 Å². The highest BCUT2D eigenvalue weighted by Crippen LogP contribution is 2.46. The summed E-state index contributed by atoms with van der Waals surface area (Å²) in [5.74, 6) is 0. The summed E-state index contributed by atoms with van der Waals surface area (Å²) >= 11 is 0. The molecule has 1 aliphatic rings. The molecule has 0 aromatic heterocycles. The average molecular weight is 208 g/mol. The van der Waals surface area contributed by atoms with E-state index in [0.717, 1.165) is 33.0 Å². The molecule has 1 N–H and O–H groups in total. The van der Waals surface area contributed by atoms with E-state index in [9.17, 15) is 9.90 Å². The van der Waals surface area contributed by atoms with Crippen molar-refractivity contribution in [2.75, 3.05) is 0 Å². The van der Waals surface area contributed by atoms with Crippen molar-refractivity contribution in [3.8, 4) is 11.1 Å². The number of hydrogen-bond acceptors (Lipinski definition) is 2. The first-order valence-electron chi connectivity index (χ1n) is 5.28. The van der Waals surface area contributed by atoms with Crippen LogP contribution in [-0.2, 0) is 0 Å². The number of fused-ring (bicyclic) bond motifs is 5. The molecule has 1 unspecified atom stereocenters. The largest absolute Gasteiger partial charge is 0.384 e. The number of hydrogen-bond donors (Lipinski definition) is 1. The van der Waals surface area contributed by atoms with Crippen molar-refractivity contribution >= 4 is 10.8 Å². The van der Waals surface area contributed by atoms with Gasteiger partial charge in [0.1, 0.15) is 6.10 Å². The van der Waals surface area contributed by atoms with E-state index in [1.807, 2.05) is 36.4 Å². The van der Waals surface area contributed by atoms with Crippen LogP contribution < -0.4 is 5.43 Å². The molecular formula is C14H8O2. The third-order valence-electron chi connectivity index (χ3n) is 3.47. The van der Waals surface area contributed by atoms with Gasteiger partial charge in [-0.1, -0.05) is 30.3 Å². The normalized spacial score (nSPS) is 17.9. The molecule has 1 atom stereocenters. The van der Waals surface area contributed by atoms with E-state index in [1.54, 1.807) is 0 Å². The van der Waals surface area contributed by atoms with E-state index in [1.165, 1.54) is 0 Å². The second kappa shape index (κ2) is 2.42. The highest BCUT2D eigenvalue weighted by atomic mass is 16.3. The summed E-state index contributed by atoms with van der Waals surface area (Å²) < 4.78 is 0. The average Bonchev–Trinajstić information content (AvgIpc) is 2.89. The van der Waals surface area contributed by atoms with Gasteiger partial charge in [-0.15, -0.1) is 0 Å². The minimum Gasteiger partial charge on any atom is -0.384 e. The third-order valence-corrected chi connectivity index (χ3v) is 3.47. The van der Waals surface area contributed by atoms with Crippen molar-refractivity contribution in [1.82, 2.24) is 0 Å². The number of aliphatic hydroxyl groups excluding tert-OH is 1. The second-order valence-corrected chi connectivity index (χ2v) is 4.27. The predicted molar refractivity (Wildman–Crippen MR) is 62.1 cm³/mol. The molecule has 16 heavy (non-hydrogen) atoms. The van der Waals surface area contributed by atoms with Gasteiger partial charge in [-0.2, -0.15) is 0 Å². The summed E-state index contributed by atoms with van der Waals surface area (Å²) in [7, 11) is 0. The summed E-state index contributed by atoms with van der Waals surface area (Å²) in [6.07, 6.45) is -0.632. The van der Waals surface area contributed by atoms with Crippen molar-refractivity contribution < 1.29 is 5.11 Å². The maximum absolute atomic E-state index is 11.5. The fraction of sp³-hybridized carbons (Fsp3) is 0.0714. The van der Waals surface area contributed by atoms with Crippen molar-refractivity contribution in [2.45, 2.75) is 6.10 Å². The highest BCUT2D eigenvalue weighted by Gasteiger charge is 2.32. The molecule has 0 saturated heterocycles. The van der Waals surface area contributed by atoms with Crippen LogP contribution in [-0.4, -0.2) is 5.11 Å². The van der Waals surface area contributed by atoms with E-state index in [4.69, 9.17) is 0 Å². The maximum atomic E-state index is 11.5. The molecular weight excluding hydrogens is 200 g/mol. The molecule has 76 valence electrons. The van der Waals surface area contributed by atoms with Crippen LogP contribution in [0.4, 0.5) is 0 Å². The molecule has 1 aliphatic carbocycles. The first-order valence-corrected chi connectivity index (χ1v) is 5.28. The maximum Gasteiger partial charge on any atom is 0.194 e. The second-order valence-electron chi connectivity index (χ2n) is 4.27. The van der Waals surface area contributed by atoms with Gasteiger partial charge in [0.2, 0.25) is 0 Å².